The van der Waals surface area contributed by atoms with Gasteiger partial charge in [0.2, 0.25) is 5.95 Å². The van der Waals surface area contributed by atoms with Crippen molar-refractivity contribution >= 4 is 22.6 Å². The Hall–Kier alpha value is -3.47. The van der Waals surface area contributed by atoms with Crippen LogP contribution in [0.4, 0.5) is 5.95 Å². The van der Waals surface area contributed by atoms with Gasteiger partial charge in [0.25, 0.3) is 0 Å². The molecule has 2 aromatic carbocycles. The molecule has 2 aromatic heterocycles. The molecule has 5 heteroatoms. The molecule has 0 amide bonds. The van der Waals surface area contributed by atoms with Gasteiger partial charge in [-0.25, -0.2) is 9.97 Å². The van der Waals surface area contributed by atoms with Crippen LogP contribution in [0.25, 0.3) is 33.3 Å². The maximum atomic E-state index is 11.5. The fourth-order valence-corrected chi connectivity index (χ4v) is 3.23. The number of hydrogen-bond acceptors (Lipinski definition) is 4. The molecule has 4 aromatic rings. The van der Waals surface area contributed by atoms with Crippen molar-refractivity contribution in [1.82, 2.24) is 14.5 Å². The lowest BCUT2D eigenvalue weighted by molar-refractivity contribution is 0.101. The van der Waals surface area contributed by atoms with Gasteiger partial charge in [0.05, 0.1) is 5.69 Å². The second-order valence-corrected chi connectivity index (χ2v) is 6.29. The number of anilines is 1. The smallest absolute Gasteiger partial charge is 0.220 e. The largest absolute Gasteiger partial charge is 0.368 e. The number of aryl methyl sites for hydroxylation is 1. The molecule has 0 aliphatic heterocycles. The third-order valence-corrected chi connectivity index (χ3v) is 4.56. The molecule has 0 aliphatic carbocycles. The van der Waals surface area contributed by atoms with Crippen LogP contribution in [0.3, 0.4) is 0 Å². The Morgan fingerprint density at radius 3 is 2.50 bits per heavy atom. The minimum Gasteiger partial charge on any atom is -0.368 e. The van der Waals surface area contributed by atoms with Crippen LogP contribution in [0.5, 0.6) is 0 Å². The topological polar surface area (TPSA) is 73.8 Å². The molecule has 26 heavy (non-hydrogen) atoms. The van der Waals surface area contributed by atoms with Gasteiger partial charge in [0.15, 0.2) is 5.78 Å². The average molecular weight is 342 g/mol. The molecule has 0 bridgehead atoms. The summed E-state index contributed by atoms with van der Waals surface area (Å²) in [5.41, 5.74) is 11.3. The first kappa shape index (κ1) is 16.0. The highest BCUT2D eigenvalue weighted by atomic mass is 16.1. The maximum Gasteiger partial charge on any atom is 0.220 e. The number of benzene rings is 2. The fraction of sp³-hybridized carbons (Fsp3) is 0.0952. The van der Waals surface area contributed by atoms with Gasteiger partial charge in [-0.05, 0) is 18.6 Å². The third-order valence-electron chi connectivity index (χ3n) is 4.56. The van der Waals surface area contributed by atoms with Crippen molar-refractivity contribution in [3.63, 3.8) is 0 Å². The molecule has 0 saturated heterocycles. The first-order valence-corrected chi connectivity index (χ1v) is 8.33. The zero-order chi connectivity index (χ0) is 18.3. The molecule has 5 nitrogen and oxygen atoms in total. The quantitative estimate of drug-likeness (QED) is 0.569. The van der Waals surface area contributed by atoms with Crippen LogP contribution in [0.2, 0.25) is 0 Å². The molecule has 0 atom stereocenters. The number of Topliss-reactive ketones (excluding diaryl/α,β-unsaturated/α-hetero) is 1. The molecule has 0 spiro atoms. The van der Waals surface area contributed by atoms with Gasteiger partial charge in [0, 0.05) is 47.0 Å². The molecular weight excluding hydrogens is 324 g/mol. The van der Waals surface area contributed by atoms with Gasteiger partial charge >= 0.3 is 0 Å². The zero-order valence-corrected chi connectivity index (χ0v) is 14.6. The van der Waals surface area contributed by atoms with Crippen molar-refractivity contribution in [2.45, 2.75) is 6.92 Å². The van der Waals surface area contributed by atoms with Gasteiger partial charge in [-0.3, -0.25) is 4.79 Å². The van der Waals surface area contributed by atoms with Crippen LogP contribution in [-0.4, -0.2) is 20.3 Å². The van der Waals surface area contributed by atoms with E-state index in [1.54, 1.807) is 13.1 Å². The molecule has 0 fully saturated rings. The number of carbonyl (C=O) groups is 1. The zero-order valence-electron chi connectivity index (χ0n) is 14.6. The highest BCUT2D eigenvalue weighted by molar-refractivity contribution is 5.99. The van der Waals surface area contributed by atoms with E-state index in [-0.39, 0.29) is 11.7 Å². The number of ketones is 1. The fourth-order valence-electron chi connectivity index (χ4n) is 3.23. The number of nitrogens with zero attached hydrogens (tertiary/aromatic N) is 3. The van der Waals surface area contributed by atoms with Crippen LogP contribution in [0.15, 0.2) is 60.9 Å². The summed E-state index contributed by atoms with van der Waals surface area (Å²) in [5, 5.41) is 1.11. The lowest BCUT2D eigenvalue weighted by Gasteiger charge is -2.09. The highest BCUT2D eigenvalue weighted by Crippen LogP contribution is 2.35. The van der Waals surface area contributed by atoms with Gasteiger partial charge in [-0.2, -0.15) is 0 Å². The van der Waals surface area contributed by atoms with Crippen LogP contribution < -0.4 is 5.73 Å². The predicted molar refractivity (Wildman–Crippen MR) is 104 cm³/mol. The number of aromatic nitrogens is 3. The van der Waals surface area contributed by atoms with Crippen molar-refractivity contribution in [2.75, 3.05) is 5.73 Å². The standard InChI is InChI=1S/C21H18N4O/c1-13(26)14-7-9-15(10-8-14)17-11-23-21(22)24-20(17)18-12-25(2)19-6-4-3-5-16(18)19/h3-12H,1-2H3,(H2,22,23,24). The van der Waals surface area contributed by atoms with Crippen molar-refractivity contribution in [1.29, 1.82) is 0 Å². The molecule has 0 unspecified atom stereocenters. The van der Waals surface area contributed by atoms with E-state index < -0.39 is 0 Å². The Bertz CT molecular complexity index is 1130. The number of nitrogen functional groups attached to an aromatic ring is 1. The molecule has 0 aliphatic rings. The van der Waals surface area contributed by atoms with E-state index in [4.69, 9.17) is 5.73 Å². The summed E-state index contributed by atoms with van der Waals surface area (Å²) in [6.07, 6.45) is 3.79. The highest BCUT2D eigenvalue weighted by Gasteiger charge is 2.16. The normalized spacial score (nSPS) is 11.0. The summed E-state index contributed by atoms with van der Waals surface area (Å²) < 4.78 is 2.07. The molecule has 0 radical (unpaired) electrons. The first-order chi connectivity index (χ1) is 12.5. The average Bonchev–Trinajstić information content (AvgIpc) is 2.99. The van der Waals surface area contributed by atoms with E-state index in [1.807, 2.05) is 43.4 Å². The molecular formula is C21H18N4O. The lowest BCUT2D eigenvalue weighted by atomic mass is 9.99. The number of para-hydroxylation sites is 1. The third kappa shape index (κ3) is 2.63. The summed E-state index contributed by atoms with van der Waals surface area (Å²) in [6, 6.07) is 15.7. The van der Waals surface area contributed by atoms with Gasteiger partial charge in [0.1, 0.15) is 0 Å². The number of fused-ring (bicyclic) bond motifs is 1. The Morgan fingerprint density at radius 1 is 1.04 bits per heavy atom. The summed E-state index contributed by atoms with van der Waals surface area (Å²) in [4.78, 5) is 20.2. The van der Waals surface area contributed by atoms with Crippen molar-refractivity contribution < 1.29 is 4.79 Å². The summed E-state index contributed by atoms with van der Waals surface area (Å²) in [7, 11) is 2.01. The van der Waals surface area contributed by atoms with E-state index in [9.17, 15) is 4.79 Å². The van der Waals surface area contributed by atoms with E-state index in [1.165, 1.54) is 0 Å². The number of rotatable bonds is 3. The van der Waals surface area contributed by atoms with Gasteiger partial charge in [-0.1, -0.05) is 42.5 Å². The molecule has 128 valence electrons. The Balaban J connectivity index is 1.94. The summed E-state index contributed by atoms with van der Waals surface area (Å²) >= 11 is 0. The Morgan fingerprint density at radius 2 is 1.77 bits per heavy atom. The lowest BCUT2D eigenvalue weighted by Crippen LogP contribution is -1.99. The molecule has 0 saturated carbocycles. The van der Waals surface area contributed by atoms with E-state index in [0.29, 0.717) is 5.56 Å². The number of carbonyl (C=O) groups excluding carboxylic acids is 1. The Labute approximate surface area is 151 Å². The number of nitrogens with two attached hydrogens (primary N) is 1. The molecule has 2 heterocycles. The Kier molecular flexibility index (Phi) is 3.77. The van der Waals surface area contributed by atoms with Crippen molar-refractivity contribution in [3.05, 3.63) is 66.5 Å². The van der Waals surface area contributed by atoms with Crippen LogP contribution in [-0.2, 0) is 7.05 Å². The van der Waals surface area contributed by atoms with E-state index in [0.717, 1.165) is 33.3 Å². The van der Waals surface area contributed by atoms with Crippen LogP contribution in [0.1, 0.15) is 17.3 Å². The monoisotopic (exact) mass is 342 g/mol. The summed E-state index contributed by atoms with van der Waals surface area (Å²) in [5.74, 6) is 0.274. The van der Waals surface area contributed by atoms with E-state index >= 15 is 0 Å². The second-order valence-electron chi connectivity index (χ2n) is 6.29. The van der Waals surface area contributed by atoms with Crippen molar-refractivity contribution in [3.8, 4) is 22.4 Å². The molecule has 2 N–H and O–H groups in total. The minimum atomic E-state index is 0.0411. The SMILES string of the molecule is CC(=O)c1ccc(-c2cnc(N)nc2-c2cn(C)c3ccccc23)cc1. The van der Waals surface area contributed by atoms with Gasteiger partial charge in [-0.15, -0.1) is 0 Å². The minimum absolute atomic E-state index is 0.0411. The van der Waals surface area contributed by atoms with E-state index in [2.05, 4.69) is 32.9 Å². The second kappa shape index (κ2) is 6.11. The maximum absolute atomic E-state index is 11.5. The number of hydrogen-bond donors (Lipinski definition) is 1. The first-order valence-electron chi connectivity index (χ1n) is 8.33. The van der Waals surface area contributed by atoms with Crippen LogP contribution >= 0.6 is 0 Å². The predicted octanol–water partition coefficient (Wildman–Crippen LogP) is 4.09. The summed E-state index contributed by atoms with van der Waals surface area (Å²) in [6.45, 7) is 1.56. The van der Waals surface area contributed by atoms with Crippen molar-refractivity contribution in [2.24, 2.45) is 7.05 Å². The van der Waals surface area contributed by atoms with Crippen LogP contribution in [0, 0.1) is 0 Å². The molecule has 4 rings (SSSR count). The van der Waals surface area contributed by atoms with Gasteiger partial charge < -0.3 is 10.3 Å².